The zero-order chi connectivity index (χ0) is 13.3. The highest BCUT2D eigenvalue weighted by atomic mass is 79.9. The van der Waals surface area contributed by atoms with Crippen LogP contribution in [0.5, 0.6) is 11.5 Å². The molecule has 1 unspecified atom stereocenters. The summed E-state index contributed by atoms with van der Waals surface area (Å²) in [7, 11) is 0. The number of carbonyl (C=O) groups is 1. The van der Waals surface area contributed by atoms with Gasteiger partial charge in [-0.05, 0) is 41.4 Å². The topological polar surface area (TPSA) is 65.0 Å². The molecule has 98 valence electrons. The standard InChI is InChI=1S/C12H13BrO5/c1-3-16-12(15)10(14)8-6(2)4-7-11(9(8)13)18-5-17-7/h4,10,14H,3,5H2,1-2H3. The summed E-state index contributed by atoms with van der Waals surface area (Å²) in [5.74, 6) is 0.415. The molecule has 1 N–H and O–H groups in total. The lowest BCUT2D eigenvalue weighted by molar-refractivity contribution is -0.153. The zero-order valence-corrected chi connectivity index (χ0v) is 11.6. The molecule has 0 radical (unpaired) electrons. The Hall–Kier alpha value is -1.27. The molecule has 0 aliphatic carbocycles. The predicted molar refractivity (Wildman–Crippen MR) is 66.6 cm³/mol. The number of hydrogen-bond acceptors (Lipinski definition) is 5. The maximum atomic E-state index is 11.6. The molecule has 1 atom stereocenters. The Morgan fingerprint density at radius 2 is 2.33 bits per heavy atom. The second-order valence-electron chi connectivity index (χ2n) is 3.81. The number of aryl methyl sites for hydroxylation is 1. The number of carbonyl (C=O) groups excluding carboxylic acids is 1. The van der Waals surface area contributed by atoms with E-state index in [1.54, 1.807) is 19.9 Å². The predicted octanol–water partition coefficient (Wildman–Crippen LogP) is 2.08. The maximum Gasteiger partial charge on any atom is 0.339 e. The van der Waals surface area contributed by atoms with Gasteiger partial charge < -0.3 is 19.3 Å². The third-order valence-electron chi connectivity index (χ3n) is 2.63. The van der Waals surface area contributed by atoms with Gasteiger partial charge in [-0.1, -0.05) is 0 Å². The third-order valence-corrected chi connectivity index (χ3v) is 3.42. The van der Waals surface area contributed by atoms with Gasteiger partial charge in [-0.25, -0.2) is 4.79 Å². The highest BCUT2D eigenvalue weighted by Crippen LogP contribution is 2.44. The van der Waals surface area contributed by atoms with Crippen LogP contribution in [0.25, 0.3) is 0 Å². The molecular formula is C12H13BrO5. The van der Waals surface area contributed by atoms with Crippen molar-refractivity contribution in [2.75, 3.05) is 13.4 Å². The first-order valence-electron chi connectivity index (χ1n) is 5.49. The van der Waals surface area contributed by atoms with Gasteiger partial charge >= 0.3 is 5.97 Å². The lowest BCUT2D eigenvalue weighted by Gasteiger charge is -2.15. The largest absolute Gasteiger partial charge is 0.464 e. The van der Waals surface area contributed by atoms with E-state index in [1.165, 1.54) is 0 Å². The number of aliphatic hydroxyl groups is 1. The average Bonchev–Trinajstić information content (AvgIpc) is 2.77. The number of fused-ring (bicyclic) bond motifs is 1. The van der Waals surface area contributed by atoms with Crippen LogP contribution in [0.3, 0.4) is 0 Å². The summed E-state index contributed by atoms with van der Waals surface area (Å²) in [5, 5.41) is 10.0. The first-order valence-corrected chi connectivity index (χ1v) is 6.28. The molecule has 1 aromatic carbocycles. The van der Waals surface area contributed by atoms with E-state index < -0.39 is 12.1 Å². The zero-order valence-electron chi connectivity index (χ0n) is 10.0. The first kappa shape index (κ1) is 13.2. The van der Waals surface area contributed by atoms with E-state index in [9.17, 15) is 9.90 Å². The molecule has 1 heterocycles. The van der Waals surface area contributed by atoms with Gasteiger partial charge in [0, 0.05) is 5.56 Å². The van der Waals surface area contributed by atoms with Crippen molar-refractivity contribution >= 4 is 21.9 Å². The number of halogens is 1. The quantitative estimate of drug-likeness (QED) is 0.865. The molecular weight excluding hydrogens is 304 g/mol. The van der Waals surface area contributed by atoms with Crippen molar-refractivity contribution in [1.29, 1.82) is 0 Å². The fourth-order valence-electron chi connectivity index (χ4n) is 1.81. The fraction of sp³-hybridized carbons (Fsp3) is 0.417. The Morgan fingerprint density at radius 3 is 3.00 bits per heavy atom. The van der Waals surface area contributed by atoms with Gasteiger partial charge in [0.25, 0.3) is 0 Å². The van der Waals surface area contributed by atoms with E-state index in [0.29, 0.717) is 21.5 Å². The number of rotatable bonds is 3. The van der Waals surface area contributed by atoms with E-state index in [4.69, 9.17) is 14.2 Å². The van der Waals surface area contributed by atoms with Gasteiger partial charge in [0.05, 0.1) is 11.1 Å². The van der Waals surface area contributed by atoms with E-state index in [2.05, 4.69) is 15.9 Å². The minimum atomic E-state index is -1.34. The van der Waals surface area contributed by atoms with E-state index in [1.807, 2.05) is 0 Å². The molecule has 0 saturated heterocycles. The highest BCUT2D eigenvalue weighted by molar-refractivity contribution is 9.10. The van der Waals surface area contributed by atoms with E-state index >= 15 is 0 Å². The van der Waals surface area contributed by atoms with Gasteiger partial charge in [0.1, 0.15) is 0 Å². The third kappa shape index (κ3) is 2.18. The van der Waals surface area contributed by atoms with Crippen molar-refractivity contribution in [2.24, 2.45) is 0 Å². The second kappa shape index (κ2) is 5.16. The van der Waals surface area contributed by atoms with Crippen molar-refractivity contribution in [1.82, 2.24) is 0 Å². The van der Waals surface area contributed by atoms with E-state index in [0.717, 1.165) is 5.56 Å². The lowest BCUT2D eigenvalue weighted by atomic mass is 10.0. The molecule has 0 amide bonds. The van der Waals surface area contributed by atoms with Crippen LogP contribution in [-0.4, -0.2) is 24.5 Å². The summed E-state index contributed by atoms with van der Waals surface area (Å²) >= 11 is 3.33. The van der Waals surface area contributed by atoms with Gasteiger partial charge in [0.2, 0.25) is 6.79 Å². The Kier molecular flexibility index (Phi) is 3.77. The fourth-order valence-corrected chi connectivity index (χ4v) is 2.65. The number of aliphatic hydroxyl groups excluding tert-OH is 1. The summed E-state index contributed by atoms with van der Waals surface area (Å²) in [6.07, 6.45) is -1.34. The van der Waals surface area contributed by atoms with Gasteiger partial charge in [-0.2, -0.15) is 0 Å². The van der Waals surface area contributed by atoms with Crippen LogP contribution < -0.4 is 9.47 Å². The first-order chi connectivity index (χ1) is 8.56. The highest BCUT2D eigenvalue weighted by Gasteiger charge is 2.29. The van der Waals surface area contributed by atoms with Crippen molar-refractivity contribution in [3.8, 4) is 11.5 Å². The molecule has 1 aliphatic heterocycles. The molecule has 0 aromatic heterocycles. The summed E-state index contributed by atoms with van der Waals surface area (Å²) < 4.78 is 15.9. The minimum Gasteiger partial charge on any atom is -0.464 e. The van der Waals surface area contributed by atoms with Crippen LogP contribution in [0.15, 0.2) is 10.5 Å². The smallest absolute Gasteiger partial charge is 0.339 e. The molecule has 2 rings (SSSR count). The Bertz CT molecular complexity index is 486. The normalized spacial score (nSPS) is 14.4. The molecule has 5 nitrogen and oxygen atoms in total. The molecule has 0 bridgehead atoms. The molecule has 0 fully saturated rings. The molecule has 18 heavy (non-hydrogen) atoms. The van der Waals surface area contributed by atoms with Crippen LogP contribution >= 0.6 is 15.9 Å². The van der Waals surface area contributed by atoms with E-state index in [-0.39, 0.29) is 13.4 Å². The van der Waals surface area contributed by atoms with Crippen molar-refractivity contribution in [3.05, 3.63) is 21.7 Å². The van der Waals surface area contributed by atoms with Crippen molar-refractivity contribution in [3.63, 3.8) is 0 Å². The monoisotopic (exact) mass is 316 g/mol. The second-order valence-corrected chi connectivity index (χ2v) is 4.60. The summed E-state index contributed by atoms with van der Waals surface area (Å²) in [6, 6.07) is 1.73. The Morgan fingerprint density at radius 1 is 1.61 bits per heavy atom. The van der Waals surface area contributed by atoms with Crippen LogP contribution in [0.4, 0.5) is 0 Å². The molecule has 1 aliphatic rings. The summed E-state index contributed by atoms with van der Waals surface area (Å²) in [5.41, 5.74) is 1.17. The van der Waals surface area contributed by atoms with Gasteiger partial charge in [0.15, 0.2) is 17.6 Å². The summed E-state index contributed by atoms with van der Waals surface area (Å²) in [4.78, 5) is 11.6. The van der Waals surface area contributed by atoms with Gasteiger partial charge in [-0.3, -0.25) is 0 Å². The number of esters is 1. The lowest BCUT2D eigenvalue weighted by Crippen LogP contribution is -2.17. The van der Waals surface area contributed by atoms with Crippen LogP contribution in [0.1, 0.15) is 24.2 Å². The van der Waals surface area contributed by atoms with Crippen LogP contribution in [-0.2, 0) is 9.53 Å². The maximum absolute atomic E-state index is 11.6. The van der Waals surface area contributed by atoms with Crippen molar-refractivity contribution < 1.29 is 24.1 Å². The Labute approximate surface area is 113 Å². The molecule has 6 heteroatoms. The number of benzene rings is 1. The Balaban J connectivity index is 2.42. The van der Waals surface area contributed by atoms with Gasteiger partial charge in [-0.15, -0.1) is 0 Å². The summed E-state index contributed by atoms with van der Waals surface area (Å²) in [6.45, 7) is 3.82. The van der Waals surface area contributed by atoms with Crippen molar-refractivity contribution in [2.45, 2.75) is 20.0 Å². The van der Waals surface area contributed by atoms with Crippen LogP contribution in [0, 0.1) is 6.92 Å². The molecule has 0 spiro atoms. The molecule has 1 aromatic rings. The minimum absolute atomic E-state index is 0.131. The SMILES string of the molecule is CCOC(=O)C(O)c1c(C)cc2c(c1Br)OCO2. The van der Waals surface area contributed by atoms with Crippen LogP contribution in [0.2, 0.25) is 0 Å². The number of ether oxygens (including phenoxy) is 3. The average molecular weight is 317 g/mol. The number of hydrogen-bond donors (Lipinski definition) is 1. The molecule has 0 saturated carbocycles.